The second kappa shape index (κ2) is 4.94. The first-order chi connectivity index (χ1) is 8.97. The molecule has 4 rings (SSSR count). The third kappa shape index (κ3) is 2.85. The lowest BCUT2D eigenvalue weighted by Gasteiger charge is -2.65. The van der Waals surface area contributed by atoms with E-state index in [4.69, 9.17) is 0 Å². The van der Waals surface area contributed by atoms with Crippen molar-refractivity contribution < 1.29 is 0 Å². The van der Waals surface area contributed by atoms with Crippen molar-refractivity contribution in [3.8, 4) is 0 Å². The molecule has 0 aromatic rings. The molecule has 0 saturated heterocycles. The van der Waals surface area contributed by atoms with E-state index in [1.165, 1.54) is 63.0 Å². The van der Waals surface area contributed by atoms with Crippen LogP contribution in [0.3, 0.4) is 0 Å². The fourth-order valence-corrected chi connectivity index (χ4v) is 6.95. The van der Waals surface area contributed by atoms with Gasteiger partial charge in [0.05, 0.1) is 0 Å². The van der Waals surface area contributed by atoms with Gasteiger partial charge in [0.2, 0.25) is 0 Å². The minimum Gasteiger partial charge on any atom is -0.311 e. The Bertz CT molecular complexity index is 322. The van der Waals surface area contributed by atoms with Crippen molar-refractivity contribution in [2.45, 2.75) is 71.3 Å². The molecule has 0 aromatic carbocycles. The van der Waals surface area contributed by atoms with Crippen molar-refractivity contribution >= 4 is 11.8 Å². The summed E-state index contributed by atoms with van der Waals surface area (Å²) in [6.07, 6.45) is 10.2. The molecule has 0 radical (unpaired) electrons. The maximum atomic E-state index is 4.02. The molecule has 2 heteroatoms. The van der Waals surface area contributed by atoms with E-state index in [1.807, 2.05) is 0 Å². The third-order valence-corrected chi connectivity index (χ3v) is 6.78. The Morgan fingerprint density at radius 2 is 1.74 bits per heavy atom. The Balaban J connectivity index is 1.61. The van der Waals surface area contributed by atoms with Crippen LogP contribution in [0.2, 0.25) is 0 Å². The molecule has 0 heterocycles. The summed E-state index contributed by atoms with van der Waals surface area (Å²) >= 11 is 2.08. The molecule has 2 unspecified atom stereocenters. The second-order valence-electron chi connectivity index (χ2n) is 8.39. The second-order valence-corrected chi connectivity index (χ2v) is 9.78. The summed E-state index contributed by atoms with van der Waals surface area (Å²) in [5.74, 6) is 3.62. The molecular weight excluding hydrogens is 250 g/mol. The van der Waals surface area contributed by atoms with Crippen molar-refractivity contribution in [3.63, 3.8) is 0 Å². The maximum Gasteiger partial charge on any atom is 0.0194 e. The minimum absolute atomic E-state index is 0.514. The van der Waals surface area contributed by atoms with Gasteiger partial charge in [0.15, 0.2) is 0 Å². The van der Waals surface area contributed by atoms with E-state index in [-0.39, 0.29) is 0 Å². The monoisotopic (exact) mass is 281 g/mol. The third-order valence-electron chi connectivity index (χ3n) is 5.80. The molecule has 19 heavy (non-hydrogen) atoms. The molecule has 0 aliphatic heterocycles. The summed E-state index contributed by atoms with van der Waals surface area (Å²) < 4.78 is 0. The zero-order valence-electron chi connectivity index (χ0n) is 13.1. The first-order valence-electron chi connectivity index (χ1n) is 8.29. The van der Waals surface area contributed by atoms with Gasteiger partial charge in [-0.1, -0.05) is 20.8 Å². The maximum absolute atomic E-state index is 4.02. The van der Waals surface area contributed by atoms with Gasteiger partial charge in [0.1, 0.15) is 0 Å². The highest BCUT2D eigenvalue weighted by Crippen LogP contribution is 2.66. The van der Waals surface area contributed by atoms with E-state index in [0.717, 1.165) is 5.92 Å². The molecule has 4 fully saturated rings. The van der Waals surface area contributed by atoms with Gasteiger partial charge in [-0.25, -0.2) is 0 Å². The molecule has 4 bridgehead atoms. The van der Waals surface area contributed by atoms with Crippen LogP contribution in [-0.2, 0) is 0 Å². The molecular formula is C17H31NS. The van der Waals surface area contributed by atoms with Gasteiger partial charge in [-0.05, 0) is 79.7 Å². The Kier molecular flexibility index (Phi) is 3.71. The van der Waals surface area contributed by atoms with Gasteiger partial charge in [-0.2, -0.15) is 11.8 Å². The van der Waals surface area contributed by atoms with E-state index in [0.29, 0.717) is 16.4 Å². The predicted molar refractivity (Wildman–Crippen MR) is 85.8 cm³/mol. The van der Waals surface area contributed by atoms with Gasteiger partial charge < -0.3 is 5.32 Å². The molecule has 1 N–H and O–H groups in total. The van der Waals surface area contributed by atoms with Gasteiger partial charge in [0, 0.05) is 5.54 Å². The summed E-state index contributed by atoms with van der Waals surface area (Å²) in [6.45, 7) is 8.64. The minimum atomic E-state index is 0.514. The zero-order chi connectivity index (χ0) is 13.6. The first-order valence-corrected chi connectivity index (χ1v) is 9.45. The molecule has 0 aromatic heterocycles. The number of hydrogen-bond donors (Lipinski definition) is 1. The fourth-order valence-electron chi connectivity index (χ4n) is 6.32. The zero-order valence-corrected chi connectivity index (χ0v) is 13.9. The van der Waals surface area contributed by atoms with Crippen molar-refractivity contribution in [2.24, 2.45) is 16.7 Å². The average molecular weight is 282 g/mol. The van der Waals surface area contributed by atoms with Crippen LogP contribution in [0, 0.1) is 16.7 Å². The highest BCUT2D eigenvalue weighted by Gasteiger charge is 2.59. The first kappa shape index (κ1) is 14.3. The van der Waals surface area contributed by atoms with E-state index in [9.17, 15) is 0 Å². The highest BCUT2D eigenvalue weighted by molar-refractivity contribution is 7.99. The van der Waals surface area contributed by atoms with Gasteiger partial charge in [-0.15, -0.1) is 0 Å². The van der Waals surface area contributed by atoms with Crippen LogP contribution in [0.5, 0.6) is 0 Å². The lowest BCUT2D eigenvalue weighted by atomic mass is 9.43. The smallest absolute Gasteiger partial charge is 0.0194 e. The molecule has 4 aliphatic carbocycles. The van der Waals surface area contributed by atoms with Gasteiger partial charge >= 0.3 is 0 Å². The topological polar surface area (TPSA) is 12.0 Å². The fraction of sp³-hybridized carbons (Fsp3) is 1.00. The summed E-state index contributed by atoms with van der Waals surface area (Å²) in [6, 6.07) is 0. The van der Waals surface area contributed by atoms with Crippen LogP contribution in [0.25, 0.3) is 0 Å². The van der Waals surface area contributed by atoms with E-state index >= 15 is 0 Å². The van der Waals surface area contributed by atoms with Crippen LogP contribution in [0.15, 0.2) is 0 Å². The summed E-state index contributed by atoms with van der Waals surface area (Å²) in [5.41, 5.74) is 1.82. The number of rotatable bonds is 6. The van der Waals surface area contributed by atoms with Crippen LogP contribution in [0.4, 0.5) is 0 Å². The molecule has 110 valence electrons. The number of hydrogen-bond acceptors (Lipinski definition) is 2. The van der Waals surface area contributed by atoms with E-state index in [1.54, 1.807) is 0 Å². The number of thioether (sulfide) groups is 1. The lowest BCUT2D eigenvalue weighted by Crippen LogP contribution is -2.64. The SMILES string of the molecule is CCSCCCNC12CC3CC(C)(CC(C)(C3)C1)C2. The lowest BCUT2D eigenvalue weighted by molar-refractivity contribution is -0.117. The van der Waals surface area contributed by atoms with Crippen LogP contribution in [-0.4, -0.2) is 23.6 Å². The Hall–Kier alpha value is 0.310. The van der Waals surface area contributed by atoms with Crippen molar-refractivity contribution in [1.82, 2.24) is 5.32 Å². The molecule has 2 atom stereocenters. The standard InChI is InChI=1S/C17H31NS/c1-4-19-7-5-6-18-17-10-14-8-15(2,12-17)11-16(3,9-14)13-17/h14,18H,4-13H2,1-3H3. The van der Waals surface area contributed by atoms with Crippen LogP contribution < -0.4 is 5.32 Å². The average Bonchev–Trinajstić information content (AvgIpc) is 2.23. The normalized spacial score (nSPS) is 47.8. The Morgan fingerprint density at radius 3 is 2.32 bits per heavy atom. The van der Waals surface area contributed by atoms with Gasteiger partial charge in [0.25, 0.3) is 0 Å². The van der Waals surface area contributed by atoms with E-state index in [2.05, 4.69) is 37.8 Å². The largest absolute Gasteiger partial charge is 0.311 e. The van der Waals surface area contributed by atoms with E-state index < -0.39 is 0 Å². The highest BCUT2D eigenvalue weighted by atomic mass is 32.2. The summed E-state index contributed by atoms with van der Waals surface area (Å²) in [5, 5.41) is 4.02. The molecule has 0 spiro atoms. The van der Waals surface area contributed by atoms with Crippen molar-refractivity contribution in [1.29, 1.82) is 0 Å². The predicted octanol–water partition coefficient (Wildman–Crippen LogP) is 4.47. The quantitative estimate of drug-likeness (QED) is 0.721. The van der Waals surface area contributed by atoms with Crippen molar-refractivity contribution in [2.75, 3.05) is 18.1 Å². The molecule has 4 saturated carbocycles. The summed E-state index contributed by atoms with van der Waals surface area (Å²) in [7, 11) is 0. The Labute approximate surface area is 123 Å². The van der Waals surface area contributed by atoms with Crippen molar-refractivity contribution in [3.05, 3.63) is 0 Å². The van der Waals surface area contributed by atoms with Crippen LogP contribution in [0.1, 0.15) is 65.7 Å². The van der Waals surface area contributed by atoms with Crippen LogP contribution >= 0.6 is 11.8 Å². The molecule has 4 aliphatic rings. The Morgan fingerprint density at radius 1 is 1.05 bits per heavy atom. The van der Waals surface area contributed by atoms with Gasteiger partial charge in [-0.3, -0.25) is 0 Å². The molecule has 1 nitrogen and oxygen atoms in total. The molecule has 0 amide bonds. The summed E-state index contributed by atoms with van der Waals surface area (Å²) in [4.78, 5) is 0. The number of nitrogens with one attached hydrogen (secondary N) is 1.